The Balaban J connectivity index is 1.53. The normalized spacial score (nSPS) is 15.5. The van der Waals surface area contributed by atoms with E-state index in [-0.39, 0.29) is 0 Å². The molecule has 158 valence electrons. The van der Waals surface area contributed by atoms with Crippen molar-refractivity contribution >= 4 is 17.6 Å². The maximum absolute atomic E-state index is 5.85. The van der Waals surface area contributed by atoms with Gasteiger partial charge in [0.2, 0.25) is 0 Å². The summed E-state index contributed by atoms with van der Waals surface area (Å²) >= 11 is 5.85. The van der Waals surface area contributed by atoms with Gasteiger partial charge in [-0.15, -0.1) is 10.2 Å². The van der Waals surface area contributed by atoms with Crippen molar-refractivity contribution in [2.45, 2.75) is 19.9 Å². The SMILES string of the molecule is Cc1nnc(CN=C(NCCc2ccc(Cl)nc2)NCCN2CCOCC2)n1C. The summed E-state index contributed by atoms with van der Waals surface area (Å²) in [6.45, 7) is 8.46. The van der Waals surface area contributed by atoms with Crippen LogP contribution in [0, 0.1) is 6.92 Å². The molecule has 0 atom stereocenters. The second-order valence-corrected chi connectivity index (χ2v) is 7.32. The van der Waals surface area contributed by atoms with Crippen molar-refractivity contribution in [3.63, 3.8) is 0 Å². The highest BCUT2D eigenvalue weighted by Gasteiger charge is 2.10. The van der Waals surface area contributed by atoms with Crippen molar-refractivity contribution in [3.8, 4) is 0 Å². The van der Waals surface area contributed by atoms with E-state index in [0.29, 0.717) is 11.7 Å². The summed E-state index contributed by atoms with van der Waals surface area (Å²) in [6.07, 6.45) is 2.63. The largest absolute Gasteiger partial charge is 0.379 e. The van der Waals surface area contributed by atoms with Crippen molar-refractivity contribution in [2.24, 2.45) is 12.0 Å². The van der Waals surface area contributed by atoms with Gasteiger partial charge >= 0.3 is 0 Å². The van der Waals surface area contributed by atoms with Gasteiger partial charge in [0.25, 0.3) is 0 Å². The van der Waals surface area contributed by atoms with Crippen LogP contribution in [0.25, 0.3) is 0 Å². The number of morpholine rings is 1. The van der Waals surface area contributed by atoms with Crippen LogP contribution in [0.5, 0.6) is 0 Å². The average molecular weight is 421 g/mol. The Morgan fingerprint density at radius 1 is 1.21 bits per heavy atom. The molecule has 0 saturated carbocycles. The van der Waals surface area contributed by atoms with Crippen LogP contribution in [-0.2, 0) is 24.8 Å². The van der Waals surface area contributed by atoms with Crippen molar-refractivity contribution < 1.29 is 4.74 Å². The van der Waals surface area contributed by atoms with Gasteiger partial charge in [-0.25, -0.2) is 9.98 Å². The Kier molecular flexibility index (Phi) is 8.21. The number of aryl methyl sites for hydroxylation is 1. The molecule has 1 aliphatic heterocycles. The van der Waals surface area contributed by atoms with Gasteiger partial charge in [0.15, 0.2) is 11.8 Å². The highest BCUT2D eigenvalue weighted by molar-refractivity contribution is 6.29. The van der Waals surface area contributed by atoms with Gasteiger partial charge in [0, 0.05) is 46.0 Å². The Bertz CT molecular complexity index is 786. The summed E-state index contributed by atoms with van der Waals surface area (Å²) in [5.74, 6) is 2.47. The minimum atomic E-state index is 0.465. The van der Waals surface area contributed by atoms with E-state index in [4.69, 9.17) is 16.3 Å². The molecule has 3 rings (SSSR count). The number of aliphatic imine (C=N–C) groups is 1. The molecule has 2 aromatic heterocycles. The summed E-state index contributed by atoms with van der Waals surface area (Å²) in [5, 5.41) is 15.6. The van der Waals surface area contributed by atoms with Gasteiger partial charge in [0.1, 0.15) is 17.5 Å². The topological polar surface area (TPSA) is 92.5 Å². The molecule has 29 heavy (non-hydrogen) atoms. The first-order valence-electron chi connectivity index (χ1n) is 9.89. The fourth-order valence-electron chi connectivity index (χ4n) is 2.95. The van der Waals surface area contributed by atoms with Crippen LogP contribution in [0.2, 0.25) is 5.15 Å². The fourth-order valence-corrected chi connectivity index (χ4v) is 3.06. The zero-order valence-corrected chi connectivity index (χ0v) is 17.8. The molecule has 0 unspecified atom stereocenters. The molecule has 1 aliphatic rings. The molecule has 0 amide bonds. The van der Waals surface area contributed by atoms with Crippen LogP contribution in [0.15, 0.2) is 23.3 Å². The van der Waals surface area contributed by atoms with Gasteiger partial charge in [-0.2, -0.15) is 0 Å². The maximum atomic E-state index is 5.85. The first kappa shape index (κ1) is 21.5. The first-order valence-corrected chi connectivity index (χ1v) is 10.3. The third-order valence-corrected chi connectivity index (χ3v) is 5.10. The molecule has 0 aromatic carbocycles. The predicted molar refractivity (Wildman–Crippen MR) is 113 cm³/mol. The summed E-state index contributed by atoms with van der Waals surface area (Å²) in [7, 11) is 1.95. The number of rotatable bonds is 8. The van der Waals surface area contributed by atoms with Crippen LogP contribution in [0.4, 0.5) is 0 Å². The minimum absolute atomic E-state index is 0.465. The number of guanidine groups is 1. The first-order chi connectivity index (χ1) is 14.1. The molecule has 1 fully saturated rings. The molecule has 0 aliphatic carbocycles. The van der Waals surface area contributed by atoms with Crippen LogP contribution in [-0.4, -0.2) is 76.5 Å². The number of halogens is 1. The molecule has 1 saturated heterocycles. The number of ether oxygens (including phenoxy) is 1. The number of nitrogens with zero attached hydrogens (tertiary/aromatic N) is 6. The third kappa shape index (κ3) is 6.95. The number of aromatic nitrogens is 4. The highest BCUT2D eigenvalue weighted by atomic mass is 35.5. The van der Waals surface area contributed by atoms with Crippen LogP contribution in [0.3, 0.4) is 0 Å². The molecule has 0 radical (unpaired) electrons. The lowest BCUT2D eigenvalue weighted by Crippen LogP contribution is -2.44. The summed E-state index contributed by atoms with van der Waals surface area (Å²) < 4.78 is 7.36. The van der Waals surface area contributed by atoms with E-state index in [1.165, 1.54) is 0 Å². The Morgan fingerprint density at radius 2 is 2.00 bits per heavy atom. The molecule has 0 spiro atoms. The van der Waals surface area contributed by atoms with Crippen LogP contribution >= 0.6 is 11.6 Å². The van der Waals surface area contributed by atoms with Crippen LogP contribution in [0.1, 0.15) is 17.2 Å². The number of pyridine rings is 1. The van der Waals surface area contributed by atoms with E-state index in [2.05, 4.69) is 35.7 Å². The quantitative estimate of drug-likeness (QED) is 0.370. The highest BCUT2D eigenvalue weighted by Crippen LogP contribution is 2.05. The summed E-state index contributed by atoms with van der Waals surface area (Å²) in [4.78, 5) is 11.2. The van der Waals surface area contributed by atoms with Gasteiger partial charge in [-0.1, -0.05) is 17.7 Å². The van der Waals surface area contributed by atoms with Crippen molar-refractivity contribution in [1.82, 2.24) is 35.3 Å². The molecule has 2 aromatic rings. The Hall–Kier alpha value is -2.23. The molecular weight excluding hydrogens is 392 g/mol. The van der Waals surface area contributed by atoms with Gasteiger partial charge in [-0.3, -0.25) is 4.90 Å². The summed E-state index contributed by atoms with van der Waals surface area (Å²) in [6, 6.07) is 3.80. The van der Waals surface area contributed by atoms with Gasteiger partial charge in [-0.05, 0) is 25.0 Å². The van der Waals surface area contributed by atoms with Crippen molar-refractivity contribution in [2.75, 3.05) is 45.9 Å². The number of hydrogen-bond donors (Lipinski definition) is 2. The molecule has 10 heteroatoms. The Labute approximate surface area is 176 Å². The molecule has 9 nitrogen and oxygen atoms in total. The second kappa shape index (κ2) is 11.1. The number of nitrogens with one attached hydrogen (secondary N) is 2. The van der Waals surface area contributed by atoms with E-state index < -0.39 is 0 Å². The standard InChI is InChI=1S/C19H29ClN8O/c1-15-25-26-18(27(15)2)14-24-19(22-7-8-28-9-11-29-12-10-28)21-6-5-16-3-4-17(20)23-13-16/h3-4,13H,5-12,14H2,1-2H3,(H2,21,22,24). The zero-order chi connectivity index (χ0) is 20.5. The minimum Gasteiger partial charge on any atom is -0.379 e. The van der Waals surface area contributed by atoms with Crippen molar-refractivity contribution in [1.29, 1.82) is 0 Å². The van der Waals surface area contributed by atoms with Crippen molar-refractivity contribution in [3.05, 3.63) is 40.7 Å². The van der Waals surface area contributed by atoms with E-state index in [9.17, 15) is 0 Å². The average Bonchev–Trinajstić information content (AvgIpc) is 3.06. The summed E-state index contributed by atoms with van der Waals surface area (Å²) in [5.41, 5.74) is 1.12. The smallest absolute Gasteiger partial charge is 0.191 e. The van der Waals surface area contributed by atoms with E-state index in [0.717, 1.165) is 75.5 Å². The lowest BCUT2D eigenvalue weighted by atomic mass is 10.2. The fraction of sp³-hybridized carbons (Fsp3) is 0.579. The van der Waals surface area contributed by atoms with E-state index in [1.54, 1.807) is 6.20 Å². The van der Waals surface area contributed by atoms with Gasteiger partial charge in [0.05, 0.1) is 13.2 Å². The maximum Gasteiger partial charge on any atom is 0.191 e. The molecule has 3 heterocycles. The second-order valence-electron chi connectivity index (χ2n) is 6.93. The molecule has 2 N–H and O–H groups in total. The Morgan fingerprint density at radius 3 is 2.69 bits per heavy atom. The monoisotopic (exact) mass is 420 g/mol. The van der Waals surface area contributed by atoms with E-state index >= 15 is 0 Å². The molecule has 0 bridgehead atoms. The third-order valence-electron chi connectivity index (χ3n) is 4.88. The number of hydrogen-bond acceptors (Lipinski definition) is 6. The lowest BCUT2D eigenvalue weighted by Gasteiger charge is -2.26. The van der Waals surface area contributed by atoms with Gasteiger partial charge < -0.3 is 19.9 Å². The molecular formula is C19H29ClN8O. The van der Waals surface area contributed by atoms with E-state index in [1.807, 2.05) is 30.7 Å². The van der Waals surface area contributed by atoms with Crippen LogP contribution < -0.4 is 10.6 Å². The lowest BCUT2D eigenvalue weighted by molar-refractivity contribution is 0.0389. The predicted octanol–water partition coefficient (Wildman–Crippen LogP) is 0.782. The zero-order valence-electron chi connectivity index (χ0n) is 17.1.